The Labute approximate surface area is 132 Å². The second kappa shape index (κ2) is 5.05. The molecule has 1 aromatic heterocycles. The van der Waals surface area contributed by atoms with Crippen LogP contribution in [0.1, 0.15) is 19.3 Å². The number of nitrogens with zero attached hydrogens (tertiary/aromatic N) is 2. The number of aromatic nitrogens is 2. The van der Waals surface area contributed by atoms with Crippen molar-refractivity contribution in [3.8, 4) is 0 Å². The number of carbonyl (C=O) groups excluding carboxylic acids is 1. The van der Waals surface area contributed by atoms with Crippen LogP contribution < -0.4 is 10.2 Å². The number of fused-ring (bicyclic) bond motifs is 1. The Morgan fingerprint density at radius 3 is 2.86 bits per heavy atom. The van der Waals surface area contributed by atoms with Crippen LogP contribution in [0.2, 0.25) is 5.02 Å². The first-order valence-corrected chi connectivity index (χ1v) is 7.86. The van der Waals surface area contributed by atoms with Gasteiger partial charge in [0.2, 0.25) is 0 Å². The average molecular weight is 321 g/mol. The van der Waals surface area contributed by atoms with Crippen LogP contribution in [0.5, 0.6) is 0 Å². The lowest BCUT2D eigenvalue weighted by Crippen LogP contribution is -2.58. The van der Waals surface area contributed by atoms with E-state index in [2.05, 4.69) is 20.4 Å². The number of hydrogen-bond donors (Lipinski definition) is 2. The molecular weight excluding hydrogens is 304 g/mol. The molecule has 0 unspecified atom stereocenters. The largest absolute Gasteiger partial charge is 0.449 e. The fraction of sp³-hybridized carbons (Fsp3) is 0.467. The van der Waals surface area contributed by atoms with Crippen molar-refractivity contribution in [2.75, 3.05) is 24.6 Å². The van der Waals surface area contributed by atoms with E-state index in [1.54, 1.807) is 0 Å². The number of H-pyrrole nitrogens is 1. The van der Waals surface area contributed by atoms with Crippen molar-refractivity contribution in [1.29, 1.82) is 0 Å². The fourth-order valence-electron chi connectivity index (χ4n) is 3.46. The number of nitrogens with one attached hydrogen (secondary N) is 2. The molecule has 2 N–H and O–H groups in total. The van der Waals surface area contributed by atoms with Gasteiger partial charge in [-0.2, -0.15) is 5.10 Å². The normalized spacial score (nSPS) is 21.0. The Kier molecular flexibility index (Phi) is 3.14. The minimum atomic E-state index is -0.292. The minimum absolute atomic E-state index is 0.111. The number of rotatable bonds is 1. The molecule has 4 rings (SSSR count). The quantitative estimate of drug-likeness (QED) is 0.847. The van der Waals surface area contributed by atoms with Crippen molar-refractivity contribution in [2.24, 2.45) is 0 Å². The van der Waals surface area contributed by atoms with Gasteiger partial charge in [-0.3, -0.25) is 5.10 Å². The molecule has 1 spiro atoms. The first-order valence-electron chi connectivity index (χ1n) is 7.48. The number of hydrogen-bond acceptors (Lipinski definition) is 4. The number of piperidine rings is 1. The standard InChI is InChI=1S/C15H17ClN4O2/c16-10-7-12-11(9-17-19-12)13(8-10)20-4-1-15(2-5-20)3-6-22-14(21)18-15/h7-9H,1-6H2,(H,17,19)(H,18,21). The fourth-order valence-corrected chi connectivity index (χ4v) is 3.68. The van der Waals surface area contributed by atoms with E-state index < -0.39 is 0 Å². The second-order valence-electron chi connectivity index (χ2n) is 6.03. The molecule has 2 aliphatic rings. The lowest BCUT2D eigenvalue weighted by Gasteiger charge is -2.44. The number of alkyl carbamates (subject to hydrolysis) is 1. The van der Waals surface area contributed by atoms with Crippen molar-refractivity contribution >= 4 is 34.3 Å². The smallest absolute Gasteiger partial charge is 0.407 e. The number of aromatic amines is 1. The molecule has 0 radical (unpaired) electrons. The highest BCUT2D eigenvalue weighted by atomic mass is 35.5. The Balaban J connectivity index is 1.58. The predicted octanol–water partition coefficient (Wildman–Crippen LogP) is 2.69. The molecule has 1 amide bonds. The van der Waals surface area contributed by atoms with E-state index in [-0.39, 0.29) is 11.6 Å². The maximum absolute atomic E-state index is 11.5. The van der Waals surface area contributed by atoms with E-state index in [0.717, 1.165) is 48.9 Å². The number of ether oxygens (including phenoxy) is 1. The van der Waals surface area contributed by atoms with Gasteiger partial charge in [0.1, 0.15) is 0 Å². The van der Waals surface area contributed by atoms with E-state index in [4.69, 9.17) is 16.3 Å². The van der Waals surface area contributed by atoms with Gasteiger partial charge in [-0.1, -0.05) is 11.6 Å². The molecule has 2 aliphatic heterocycles. The number of carbonyl (C=O) groups is 1. The molecule has 0 bridgehead atoms. The molecule has 2 fully saturated rings. The number of anilines is 1. The summed E-state index contributed by atoms with van der Waals surface area (Å²) in [7, 11) is 0. The number of amides is 1. The highest BCUT2D eigenvalue weighted by Gasteiger charge is 2.39. The van der Waals surface area contributed by atoms with E-state index in [0.29, 0.717) is 11.6 Å². The van der Waals surface area contributed by atoms with Gasteiger partial charge in [0.15, 0.2) is 0 Å². The first-order chi connectivity index (χ1) is 10.7. The lowest BCUT2D eigenvalue weighted by molar-refractivity contribution is 0.0770. The minimum Gasteiger partial charge on any atom is -0.449 e. The average Bonchev–Trinajstić information content (AvgIpc) is 2.95. The third-order valence-electron chi connectivity index (χ3n) is 4.74. The van der Waals surface area contributed by atoms with Gasteiger partial charge >= 0.3 is 6.09 Å². The molecule has 6 nitrogen and oxygen atoms in total. The monoisotopic (exact) mass is 320 g/mol. The molecule has 2 aromatic rings. The predicted molar refractivity (Wildman–Crippen MR) is 84.4 cm³/mol. The lowest BCUT2D eigenvalue weighted by atomic mass is 9.84. The molecule has 22 heavy (non-hydrogen) atoms. The zero-order valence-electron chi connectivity index (χ0n) is 12.1. The molecule has 1 aromatic carbocycles. The van der Waals surface area contributed by atoms with Crippen molar-refractivity contribution in [3.05, 3.63) is 23.4 Å². The van der Waals surface area contributed by atoms with Gasteiger partial charge in [-0.25, -0.2) is 4.79 Å². The Hall–Kier alpha value is -1.95. The van der Waals surface area contributed by atoms with Crippen LogP contribution in [0, 0.1) is 0 Å². The van der Waals surface area contributed by atoms with Crippen molar-refractivity contribution < 1.29 is 9.53 Å². The first kappa shape index (κ1) is 13.7. The maximum Gasteiger partial charge on any atom is 0.407 e. The van der Waals surface area contributed by atoms with Gasteiger partial charge in [0.05, 0.1) is 18.3 Å². The van der Waals surface area contributed by atoms with Crippen molar-refractivity contribution in [1.82, 2.24) is 15.5 Å². The van der Waals surface area contributed by atoms with Crippen LogP contribution in [-0.4, -0.2) is 41.5 Å². The van der Waals surface area contributed by atoms with Gasteiger partial charge in [0.25, 0.3) is 0 Å². The summed E-state index contributed by atoms with van der Waals surface area (Å²) in [6.07, 6.45) is 4.24. The van der Waals surface area contributed by atoms with Crippen LogP contribution in [0.4, 0.5) is 10.5 Å². The number of benzene rings is 1. The Morgan fingerprint density at radius 2 is 2.09 bits per heavy atom. The highest BCUT2D eigenvalue weighted by molar-refractivity contribution is 6.31. The summed E-state index contributed by atoms with van der Waals surface area (Å²) in [5, 5.41) is 11.9. The van der Waals surface area contributed by atoms with Gasteiger partial charge in [0, 0.05) is 41.1 Å². The third-order valence-corrected chi connectivity index (χ3v) is 4.96. The summed E-state index contributed by atoms with van der Waals surface area (Å²) in [4.78, 5) is 13.8. The van der Waals surface area contributed by atoms with E-state index in [1.807, 2.05) is 18.3 Å². The molecule has 2 saturated heterocycles. The number of halogens is 1. The molecule has 0 atom stereocenters. The van der Waals surface area contributed by atoms with Gasteiger partial charge in [-0.15, -0.1) is 0 Å². The summed E-state index contributed by atoms with van der Waals surface area (Å²) in [6.45, 7) is 2.26. The summed E-state index contributed by atoms with van der Waals surface area (Å²) in [5.74, 6) is 0. The van der Waals surface area contributed by atoms with Gasteiger partial charge in [-0.05, 0) is 25.0 Å². The van der Waals surface area contributed by atoms with Crippen LogP contribution in [0.15, 0.2) is 18.3 Å². The van der Waals surface area contributed by atoms with Crippen LogP contribution in [-0.2, 0) is 4.74 Å². The summed E-state index contributed by atoms with van der Waals surface area (Å²) in [5.41, 5.74) is 1.94. The summed E-state index contributed by atoms with van der Waals surface area (Å²) >= 11 is 6.21. The second-order valence-corrected chi connectivity index (χ2v) is 6.47. The summed E-state index contributed by atoms with van der Waals surface area (Å²) < 4.78 is 4.99. The van der Waals surface area contributed by atoms with Crippen LogP contribution in [0.25, 0.3) is 10.9 Å². The van der Waals surface area contributed by atoms with E-state index in [9.17, 15) is 4.79 Å². The highest BCUT2D eigenvalue weighted by Crippen LogP contribution is 2.35. The van der Waals surface area contributed by atoms with Crippen molar-refractivity contribution in [3.63, 3.8) is 0 Å². The zero-order chi connectivity index (χ0) is 15.2. The zero-order valence-corrected chi connectivity index (χ0v) is 12.8. The molecule has 3 heterocycles. The molecule has 0 saturated carbocycles. The van der Waals surface area contributed by atoms with Crippen LogP contribution in [0.3, 0.4) is 0 Å². The van der Waals surface area contributed by atoms with Crippen LogP contribution >= 0.6 is 11.6 Å². The Bertz CT molecular complexity index is 721. The molecular formula is C15H17ClN4O2. The third kappa shape index (κ3) is 2.27. The molecule has 0 aliphatic carbocycles. The molecule has 7 heteroatoms. The Morgan fingerprint density at radius 1 is 1.27 bits per heavy atom. The number of cyclic esters (lactones) is 1. The summed E-state index contributed by atoms with van der Waals surface area (Å²) in [6, 6.07) is 3.87. The topological polar surface area (TPSA) is 70.2 Å². The SMILES string of the molecule is O=C1NC2(CCO1)CCN(c1cc(Cl)cc3[nH]ncc13)CC2. The van der Waals surface area contributed by atoms with Gasteiger partial charge < -0.3 is 15.0 Å². The molecule has 116 valence electrons. The van der Waals surface area contributed by atoms with Crippen molar-refractivity contribution in [2.45, 2.75) is 24.8 Å². The van der Waals surface area contributed by atoms with E-state index in [1.165, 1.54) is 0 Å². The van der Waals surface area contributed by atoms with E-state index >= 15 is 0 Å². The maximum atomic E-state index is 11.5.